The molecule has 1 aliphatic carbocycles. The summed E-state index contributed by atoms with van der Waals surface area (Å²) in [6, 6.07) is 4.80. The Hall–Kier alpha value is -1.28. The molecule has 2 heteroatoms. The summed E-state index contributed by atoms with van der Waals surface area (Å²) in [5, 5.41) is 3.03. The van der Waals surface area contributed by atoms with Crippen molar-refractivity contribution in [2.45, 2.75) is 71.9 Å². The van der Waals surface area contributed by atoms with Crippen molar-refractivity contribution in [2.24, 2.45) is 0 Å². The van der Waals surface area contributed by atoms with E-state index < -0.39 is 8.07 Å². The van der Waals surface area contributed by atoms with Gasteiger partial charge < -0.3 is 4.74 Å². The first kappa shape index (κ1) is 19.0. The molecule has 0 fully saturated rings. The third-order valence-corrected chi connectivity index (χ3v) is 8.91. The van der Waals surface area contributed by atoms with E-state index >= 15 is 0 Å². The molecule has 0 bridgehead atoms. The quantitative estimate of drug-likeness (QED) is 0.647. The summed E-state index contributed by atoms with van der Waals surface area (Å²) in [5.74, 6) is 1.11. The Morgan fingerprint density at radius 3 is 2.00 bits per heavy atom. The molecular formula is C22H34OSi. The highest BCUT2D eigenvalue weighted by Crippen LogP contribution is 2.37. The first-order chi connectivity index (χ1) is 10.9. The van der Waals surface area contributed by atoms with Crippen molar-refractivity contribution in [1.82, 2.24) is 0 Å². The van der Waals surface area contributed by atoms with Gasteiger partial charge in [-0.05, 0) is 33.6 Å². The van der Waals surface area contributed by atoms with Gasteiger partial charge in [-0.15, -0.1) is 0 Å². The van der Waals surface area contributed by atoms with Gasteiger partial charge in [0, 0.05) is 0 Å². The second-order valence-electron chi connectivity index (χ2n) is 9.55. The van der Waals surface area contributed by atoms with E-state index in [1.165, 1.54) is 16.3 Å². The largest absolute Gasteiger partial charge is 0.497 e. The maximum absolute atomic E-state index is 6.00. The van der Waals surface area contributed by atoms with Gasteiger partial charge in [0.2, 0.25) is 0 Å². The summed E-state index contributed by atoms with van der Waals surface area (Å²) in [6.07, 6.45) is 7.89. The zero-order valence-corrected chi connectivity index (χ0v) is 18.0. The van der Waals surface area contributed by atoms with Crippen LogP contribution in [0.1, 0.15) is 59.1 Å². The maximum atomic E-state index is 6.00. The minimum absolute atomic E-state index is 0.0636. The Morgan fingerprint density at radius 1 is 0.958 bits per heavy atom. The van der Waals surface area contributed by atoms with Crippen molar-refractivity contribution < 1.29 is 4.74 Å². The highest BCUT2D eigenvalue weighted by molar-refractivity contribution is 6.96. The molecular weight excluding hydrogens is 308 g/mol. The van der Waals surface area contributed by atoms with Gasteiger partial charge in [0.25, 0.3) is 0 Å². The molecule has 0 unspecified atom stereocenters. The number of allylic oxidation sites excluding steroid dienone is 4. The fourth-order valence-electron chi connectivity index (χ4n) is 3.39. The van der Waals surface area contributed by atoms with E-state index in [0.29, 0.717) is 0 Å². The lowest BCUT2D eigenvalue weighted by molar-refractivity contribution is 0.400. The number of ether oxygens (including phenoxy) is 1. The van der Waals surface area contributed by atoms with Gasteiger partial charge in [0.05, 0.1) is 7.11 Å². The Labute approximate surface area is 149 Å². The molecule has 2 rings (SSSR count). The molecule has 0 atom stereocenters. The topological polar surface area (TPSA) is 9.23 Å². The molecule has 0 saturated heterocycles. The van der Waals surface area contributed by atoms with Gasteiger partial charge in [0.15, 0.2) is 0 Å². The van der Waals surface area contributed by atoms with Crippen LogP contribution in [0.2, 0.25) is 13.1 Å². The van der Waals surface area contributed by atoms with Crippen molar-refractivity contribution in [3.05, 3.63) is 46.7 Å². The summed E-state index contributed by atoms with van der Waals surface area (Å²) in [7, 11) is 0.0713. The predicted octanol–water partition coefficient (Wildman–Crippen LogP) is 5.63. The SMILES string of the molecule is COc1c(C(C)(C)C)cc(C(C)(C)C)cc1[Si](C)(C)C1=CC=CC1. The summed E-state index contributed by atoms with van der Waals surface area (Å²) in [6.45, 7) is 18.7. The fraction of sp³-hybridized carbons (Fsp3) is 0.545. The van der Waals surface area contributed by atoms with E-state index in [-0.39, 0.29) is 10.8 Å². The lowest BCUT2D eigenvalue weighted by atomic mass is 9.80. The van der Waals surface area contributed by atoms with E-state index in [0.717, 1.165) is 12.2 Å². The van der Waals surface area contributed by atoms with Gasteiger partial charge in [-0.2, -0.15) is 0 Å². The highest BCUT2D eigenvalue weighted by Gasteiger charge is 2.35. The van der Waals surface area contributed by atoms with Crippen LogP contribution < -0.4 is 9.92 Å². The second-order valence-corrected chi connectivity index (χ2v) is 14.0. The molecule has 0 aliphatic heterocycles. The first-order valence-electron chi connectivity index (χ1n) is 8.98. The molecule has 0 spiro atoms. The first-order valence-corrected chi connectivity index (χ1v) is 12.0. The van der Waals surface area contributed by atoms with Crippen molar-refractivity contribution in [3.63, 3.8) is 0 Å². The van der Waals surface area contributed by atoms with Crippen LogP contribution in [0.3, 0.4) is 0 Å². The molecule has 24 heavy (non-hydrogen) atoms. The maximum Gasteiger partial charge on any atom is 0.122 e. The van der Waals surface area contributed by atoms with E-state index in [9.17, 15) is 0 Å². The van der Waals surface area contributed by atoms with Crippen LogP contribution in [0.4, 0.5) is 0 Å². The van der Waals surface area contributed by atoms with Crippen molar-refractivity contribution in [1.29, 1.82) is 0 Å². The molecule has 0 N–H and O–H groups in total. The molecule has 1 aromatic rings. The molecule has 0 radical (unpaired) electrons. The number of methoxy groups -OCH3 is 1. The van der Waals surface area contributed by atoms with Crippen LogP contribution in [-0.2, 0) is 10.8 Å². The monoisotopic (exact) mass is 342 g/mol. The number of hydrogen-bond donors (Lipinski definition) is 0. The van der Waals surface area contributed by atoms with E-state index in [2.05, 4.69) is 85.0 Å². The Bertz CT molecular complexity index is 679. The summed E-state index contributed by atoms with van der Waals surface area (Å²) >= 11 is 0. The summed E-state index contributed by atoms with van der Waals surface area (Å²) in [4.78, 5) is 0. The smallest absolute Gasteiger partial charge is 0.122 e. The predicted molar refractivity (Wildman–Crippen MR) is 109 cm³/mol. The molecule has 0 amide bonds. The van der Waals surface area contributed by atoms with Crippen molar-refractivity contribution >= 4 is 13.3 Å². The summed E-state index contributed by atoms with van der Waals surface area (Å²) < 4.78 is 6.00. The molecule has 132 valence electrons. The minimum atomic E-state index is -1.76. The van der Waals surface area contributed by atoms with Crippen LogP contribution in [0, 0.1) is 0 Å². The average molecular weight is 343 g/mol. The van der Waals surface area contributed by atoms with Gasteiger partial charge in [-0.25, -0.2) is 0 Å². The van der Waals surface area contributed by atoms with E-state index in [4.69, 9.17) is 4.74 Å². The number of hydrogen-bond acceptors (Lipinski definition) is 1. The second kappa shape index (κ2) is 6.22. The van der Waals surface area contributed by atoms with Crippen molar-refractivity contribution in [2.75, 3.05) is 7.11 Å². The minimum Gasteiger partial charge on any atom is -0.497 e. The van der Waals surface area contributed by atoms with Crippen molar-refractivity contribution in [3.8, 4) is 5.75 Å². The molecule has 0 heterocycles. The Balaban J connectivity index is 2.78. The zero-order valence-electron chi connectivity index (χ0n) is 17.0. The Kier molecular flexibility index (Phi) is 4.93. The van der Waals surface area contributed by atoms with E-state index in [1.54, 1.807) is 5.20 Å². The molecule has 1 nitrogen and oxygen atoms in total. The van der Waals surface area contributed by atoms with Crippen LogP contribution in [0.5, 0.6) is 5.75 Å². The Morgan fingerprint density at radius 2 is 1.58 bits per heavy atom. The number of rotatable bonds is 3. The van der Waals surface area contributed by atoms with Gasteiger partial charge in [-0.3, -0.25) is 0 Å². The van der Waals surface area contributed by atoms with E-state index in [1.807, 2.05) is 7.11 Å². The van der Waals surface area contributed by atoms with Crippen LogP contribution >= 0.6 is 0 Å². The molecule has 1 aromatic carbocycles. The molecule has 1 aliphatic rings. The normalized spacial score (nSPS) is 15.6. The summed E-state index contributed by atoms with van der Waals surface area (Å²) in [5.41, 5.74) is 2.94. The highest BCUT2D eigenvalue weighted by atomic mass is 28.3. The fourth-order valence-corrected chi connectivity index (χ4v) is 6.19. The average Bonchev–Trinajstić information content (AvgIpc) is 2.98. The lowest BCUT2D eigenvalue weighted by Crippen LogP contribution is -2.45. The van der Waals surface area contributed by atoms with Crippen LogP contribution in [0.15, 0.2) is 35.6 Å². The molecule has 0 saturated carbocycles. The number of benzene rings is 1. The van der Waals surface area contributed by atoms with Gasteiger partial charge >= 0.3 is 0 Å². The zero-order chi connectivity index (χ0) is 18.3. The van der Waals surface area contributed by atoms with Crippen LogP contribution in [0.25, 0.3) is 0 Å². The van der Waals surface area contributed by atoms with Gasteiger partial charge in [-0.1, -0.05) is 90.2 Å². The molecule has 0 aromatic heterocycles. The lowest BCUT2D eigenvalue weighted by Gasteiger charge is -2.34. The van der Waals surface area contributed by atoms with Gasteiger partial charge in [0.1, 0.15) is 13.8 Å². The van der Waals surface area contributed by atoms with Crippen LogP contribution in [-0.4, -0.2) is 15.2 Å². The standard InChI is InChI=1S/C22H34OSi/c1-21(2,3)16-14-18(22(4,5)6)20(23-7)19(15-16)24(8,9)17-12-10-11-13-17/h10-12,14-15H,13H2,1-9H3. The third kappa shape index (κ3) is 3.54. The third-order valence-electron chi connectivity index (χ3n) is 5.21.